The number of rotatable bonds is 5. The summed E-state index contributed by atoms with van der Waals surface area (Å²) in [5.41, 5.74) is 0.677. The van der Waals surface area contributed by atoms with Crippen molar-refractivity contribution in [2.24, 2.45) is 0 Å². The highest BCUT2D eigenvalue weighted by atomic mass is 19.2. The second-order valence-corrected chi connectivity index (χ2v) is 6.34. The van der Waals surface area contributed by atoms with Crippen molar-refractivity contribution in [1.29, 1.82) is 0 Å². The summed E-state index contributed by atoms with van der Waals surface area (Å²) >= 11 is 0. The molecule has 1 amide bonds. The van der Waals surface area contributed by atoms with Gasteiger partial charge in [-0.1, -0.05) is 6.07 Å². The van der Waals surface area contributed by atoms with Gasteiger partial charge in [0.05, 0.1) is 6.20 Å². The molecule has 1 fully saturated rings. The molecule has 1 aromatic heterocycles. The van der Waals surface area contributed by atoms with Crippen molar-refractivity contribution in [2.45, 2.75) is 31.4 Å². The molecule has 0 bridgehead atoms. The first-order valence-corrected chi connectivity index (χ1v) is 8.57. The number of hydrogen-bond donors (Lipinski definition) is 2. The van der Waals surface area contributed by atoms with Crippen LogP contribution in [0.15, 0.2) is 42.7 Å². The van der Waals surface area contributed by atoms with E-state index in [1.165, 1.54) is 12.3 Å². The minimum absolute atomic E-state index is 0.0964. The van der Waals surface area contributed by atoms with E-state index >= 15 is 0 Å². The van der Waals surface area contributed by atoms with Gasteiger partial charge in [0.25, 0.3) is 5.91 Å². The van der Waals surface area contributed by atoms with Gasteiger partial charge < -0.3 is 15.4 Å². The summed E-state index contributed by atoms with van der Waals surface area (Å²) in [7, 11) is 0. The van der Waals surface area contributed by atoms with Gasteiger partial charge in [-0.25, -0.2) is 8.78 Å². The first-order chi connectivity index (χ1) is 12.5. The van der Waals surface area contributed by atoms with Crippen LogP contribution in [-0.2, 0) is 4.79 Å². The van der Waals surface area contributed by atoms with E-state index in [9.17, 15) is 13.6 Å². The lowest BCUT2D eigenvalue weighted by Crippen LogP contribution is -2.52. The predicted octanol–water partition coefficient (Wildman–Crippen LogP) is 2.39. The van der Waals surface area contributed by atoms with Crippen molar-refractivity contribution in [3.05, 3.63) is 59.9 Å². The molecule has 0 saturated carbocycles. The molecule has 2 heterocycles. The fraction of sp³-hybridized carbons (Fsp3) is 0.368. The van der Waals surface area contributed by atoms with Gasteiger partial charge in [-0.2, -0.15) is 0 Å². The Hall–Kier alpha value is -2.54. The molecule has 0 spiro atoms. The average Bonchev–Trinajstić information content (AvgIpc) is 2.65. The molecule has 138 valence electrons. The molecule has 0 aliphatic carbocycles. The summed E-state index contributed by atoms with van der Waals surface area (Å²) in [6.45, 7) is 2.96. The van der Waals surface area contributed by atoms with Crippen molar-refractivity contribution < 1.29 is 18.3 Å². The Morgan fingerprint density at radius 3 is 2.92 bits per heavy atom. The highest BCUT2D eigenvalue weighted by Crippen LogP contribution is 2.27. The summed E-state index contributed by atoms with van der Waals surface area (Å²) < 4.78 is 32.4. The maximum absolute atomic E-state index is 13.6. The predicted molar refractivity (Wildman–Crippen MR) is 92.8 cm³/mol. The van der Waals surface area contributed by atoms with Gasteiger partial charge in [0, 0.05) is 24.7 Å². The molecular weight excluding hydrogens is 340 g/mol. The molecule has 2 aromatic rings. The molecular formula is C19H21F2N3O2. The molecule has 3 rings (SSSR count). The van der Waals surface area contributed by atoms with Crippen LogP contribution in [0.4, 0.5) is 8.78 Å². The van der Waals surface area contributed by atoms with E-state index in [0.717, 1.165) is 12.6 Å². The highest BCUT2D eigenvalue weighted by molar-refractivity contribution is 5.81. The number of hydrogen-bond acceptors (Lipinski definition) is 4. The molecule has 1 aliphatic heterocycles. The Kier molecular flexibility index (Phi) is 5.78. The zero-order chi connectivity index (χ0) is 18.5. The third-order valence-electron chi connectivity index (χ3n) is 4.50. The number of halogens is 2. The van der Waals surface area contributed by atoms with E-state index in [1.54, 1.807) is 31.3 Å². The molecule has 26 heavy (non-hydrogen) atoms. The van der Waals surface area contributed by atoms with Crippen molar-refractivity contribution in [1.82, 2.24) is 15.6 Å². The maximum atomic E-state index is 13.6. The Morgan fingerprint density at radius 2 is 2.19 bits per heavy atom. The van der Waals surface area contributed by atoms with Crippen LogP contribution in [0.2, 0.25) is 0 Å². The summed E-state index contributed by atoms with van der Waals surface area (Å²) in [6, 6.07) is 7.12. The number of aromatic nitrogens is 1. The maximum Gasteiger partial charge on any atom is 0.261 e. The number of carbonyl (C=O) groups is 1. The van der Waals surface area contributed by atoms with Crippen LogP contribution in [-0.4, -0.2) is 36.1 Å². The van der Waals surface area contributed by atoms with Crippen molar-refractivity contribution in [3.63, 3.8) is 0 Å². The fourth-order valence-electron chi connectivity index (χ4n) is 3.13. The zero-order valence-electron chi connectivity index (χ0n) is 14.4. The van der Waals surface area contributed by atoms with Gasteiger partial charge in [0.2, 0.25) is 0 Å². The van der Waals surface area contributed by atoms with E-state index in [4.69, 9.17) is 4.74 Å². The van der Waals surface area contributed by atoms with Crippen LogP contribution in [0.25, 0.3) is 0 Å². The van der Waals surface area contributed by atoms with E-state index < -0.39 is 17.7 Å². The fourth-order valence-corrected chi connectivity index (χ4v) is 3.13. The summed E-state index contributed by atoms with van der Waals surface area (Å²) in [5, 5.41) is 6.18. The van der Waals surface area contributed by atoms with Crippen LogP contribution < -0.4 is 15.4 Å². The van der Waals surface area contributed by atoms with Crippen molar-refractivity contribution in [2.75, 3.05) is 13.1 Å². The van der Waals surface area contributed by atoms with Crippen LogP contribution in [0, 0.1) is 11.6 Å². The number of ether oxygens (including phenoxy) is 1. The summed E-state index contributed by atoms with van der Waals surface area (Å²) in [6.07, 6.45) is 3.17. The number of carbonyl (C=O) groups excluding carboxylic acids is 1. The lowest BCUT2D eigenvalue weighted by Gasteiger charge is -2.34. The molecule has 1 saturated heterocycles. The van der Waals surface area contributed by atoms with E-state index in [2.05, 4.69) is 15.6 Å². The smallest absolute Gasteiger partial charge is 0.261 e. The molecule has 7 heteroatoms. The Labute approximate surface area is 150 Å². The number of benzene rings is 1. The lowest BCUT2D eigenvalue weighted by atomic mass is 9.86. The van der Waals surface area contributed by atoms with Crippen molar-refractivity contribution in [3.8, 4) is 5.75 Å². The van der Waals surface area contributed by atoms with E-state index in [-0.39, 0.29) is 17.9 Å². The largest absolute Gasteiger partial charge is 0.479 e. The molecule has 3 atom stereocenters. The monoisotopic (exact) mass is 361 g/mol. The van der Waals surface area contributed by atoms with Crippen LogP contribution in [0.1, 0.15) is 24.8 Å². The van der Waals surface area contributed by atoms with Crippen LogP contribution in [0.5, 0.6) is 5.75 Å². The minimum Gasteiger partial charge on any atom is -0.479 e. The standard InChI is InChI=1S/C19H21F2N3O2/c1-12(26-14-3-2-7-22-10-14)19(25)24-18-11-23-8-6-15(18)13-4-5-16(20)17(21)9-13/h2-5,7,9-10,12,15,18,23H,6,8,11H2,1H3,(H,24,25). The third kappa shape index (κ3) is 4.35. The SMILES string of the molecule is CC(Oc1cccnc1)C(=O)NC1CNCCC1c1ccc(F)c(F)c1. The van der Waals surface area contributed by atoms with Gasteiger partial charge in [-0.15, -0.1) is 0 Å². The zero-order valence-corrected chi connectivity index (χ0v) is 14.4. The number of pyridine rings is 1. The molecule has 3 unspecified atom stereocenters. The lowest BCUT2D eigenvalue weighted by molar-refractivity contribution is -0.128. The van der Waals surface area contributed by atoms with Gasteiger partial charge in [0.15, 0.2) is 17.7 Å². The highest BCUT2D eigenvalue weighted by Gasteiger charge is 2.30. The molecule has 1 aromatic carbocycles. The Bertz CT molecular complexity index is 758. The number of nitrogens with zero attached hydrogens (tertiary/aromatic N) is 1. The quantitative estimate of drug-likeness (QED) is 0.858. The molecule has 5 nitrogen and oxygen atoms in total. The van der Waals surface area contributed by atoms with E-state index in [0.29, 0.717) is 24.3 Å². The summed E-state index contributed by atoms with van der Waals surface area (Å²) in [4.78, 5) is 16.4. The second-order valence-electron chi connectivity index (χ2n) is 6.34. The normalized spacial score (nSPS) is 21.0. The van der Waals surface area contributed by atoms with Crippen molar-refractivity contribution >= 4 is 5.91 Å². The second kappa shape index (κ2) is 8.23. The molecule has 1 aliphatic rings. The van der Waals surface area contributed by atoms with E-state index in [1.807, 2.05) is 0 Å². The Morgan fingerprint density at radius 1 is 1.35 bits per heavy atom. The summed E-state index contributed by atoms with van der Waals surface area (Å²) in [5.74, 6) is -1.61. The molecule has 2 N–H and O–H groups in total. The number of nitrogens with one attached hydrogen (secondary N) is 2. The Balaban J connectivity index is 1.67. The number of amides is 1. The van der Waals surface area contributed by atoms with Crippen LogP contribution in [0.3, 0.4) is 0 Å². The van der Waals surface area contributed by atoms with Gasteiger partial charge in [-0.05, 0) is 49.7 Å². The first kappa shape index (κ1) is 18.3. The topological polar surface area (TPSA) is 63.2 Å². The van der Waals surface area contributed by atoms with Crippen LogP contribution >= 0.6 is 0 Å². The molecule has 0 radical (unpaired) electrons. The third-order valence-corrected chi connectivity index (χ3v) is 4.50. The van der Waals surface area contributed by atoms with Gasteiger partial charge >= 0.3 is 0 Å². The van der Waals surface area contributed by atoms with Gasteiger partial charge in [-0.3, -0.25) is 9.78 Å². The number of piperidine rings is 1. The average molecular weight is 361 g/mol. The van der Waals surface area contributed by atoms with Gasteiger partial charge in [0.1, 0.15) is 5.75 Å². The minimum atomic E-state index is -0.876. The first-order valence-electron chi connectivity index (χ1n) is 8.57.